The minimum absolute atomic E-state index is 0.0139. The van der Waals surface area contributed by atoms with E-state index >= 15 is 0 Å². The van der Waals surface area contributed by atoms with Gasteiger partial charge in [-0.25, -0.2) is 4.98 Å². The Morgan fingerprint density at radius 3 is 2.68 bits per heavy atom. The van der Waals surface area contributed by atoms with E-state index in [1.807, 2.05) is 35.9 Å². The summed E-state index contributed by atoms with van der Waals surface area (Å²) in [5, 5.41) is 14.1. The molecule has 9 nitrogen and oxygen atoms in total. The van der Waals surface area contributed by atoms with E-state index in [0.29, 0.717) is 41.2 Å². The highest BCUT2D eigenvalue weighted by Crippen LogP contribution is 2.39. The molecule has 2 amide bonds. The number of halogens is 2. The summed E-state index contributed by atoms with van der Waals surface area (Å²) in [5.74, 6) is -1.31. The molecule has 1 aliphatic carbocycles. The molecule has 12 heteroatoms. The van der Waals surface area contributed by atoms with Crippen LogP contribution in [0.15, 0.2) is 48.8 Å². The first-order chi connectivity index (χ1) is 21.2. The van der Waals surface area contributed by atoms with Crippen LogP contribution in [-0.4, -0.2) is 56.1 Å². The van der Waals surface area contributed by atoms with Crippen LogP contribution in [0.3, 0.4) is 0 Å². The van der Waals surface area contributed by atoms with Crippen LogP contribution in [0, 0.1) is 0 Å². The molecule has 2 aliphatic rings. The van der Waals surface area contributed by atoms with Gasteiger partial charge in [0.15, 0.2) is 0 Å². The number of nitrogens with zero attached hydrogens (tertiary/aromatic N) is 3. The number of hydrogen-bond donors (Lipinski definition) is 2. The average molecular weight is 656 g/mol. The zero-order valence-electron chi connectivity index (χ0n) is 24.1. The Bertz CT molecular complexity index is 1730. The maximum Gasteiger partial charge on any atom is 0.303 e. The molecule has 0 bridgehead atoms. The number of aryl methyl sites for hydroxylation is 2. The number of benzene rings is 2. The Morgan fingerprint density at radius 1 is 1.14 bits per heavy atom. The van der Waals surface area contributed by atoms with Crippen molar-refractivity contribution in [2.45, 2.75) is 63.2 Å². The second-order valence-corrected chi connectivity index (χ2v) is 13.4. The van der Waals surface area contributed by atoms with E-state index in [-0.39, 0.29) is 47.9 Å². The van der Waals surface area contributed by atoms with Crippen molar-refractivity contribution in [1.29, 1.82) is 0 Å². The molecule has 2 atom stereocenters. The SMILES string of the molecule is Cn1cc(C(=O)Nc2cc(Cl)c(CC(=O)N3C[C@@H](OC4CCC4)C[C@H]3c3ncc(CCC(=O)O)s3)cc2Cl)c2ccccc21. The third kappa shape index (κ3) is 6.49. The summed E-state index contributed by atoms with van der Waals surface area (Å²) < 4.78 is 8.18. The number of carbonyl (C=O) groups is 3. The number of fused-ring (bicyclic) bond motifs is 1. The Balaban J connectivity index is 1.18. The largest absolute Gasteiger partial charge is 0.481 e. The first-order valence-corrected chi connectivity index (χ1v) is 16.2. The summed E-state index contributed by atoms with van der Waals surface area (Å²) >= 11 is 14.7. The number of aliphatic carboxylic acids is 1. The van der Waals surface area contributed by atoms with Gasteiger partial charge in [-0.15, -0.1) is 11.3 Å². The van der Waals surface area contributed by atoms with E-state index in [0.717, 1.165) is 40.1 Å². The Kier molecular flexibility index (Phi) is 8.96. The highest BCUT2D eigenvalue weighted by atomic mass is 35.5. The molecule has 0 radical (unpaired) electrons. The van der Waals surface area contributed by atoms with Gasteiger partial charge in [-0.2, -0.15) is 0 Å². The van der Waals surface area contributed by atoms with Crippen molar-refractivity contribution in [3.8, 4) is 0 Å². The fourth-order valence-electron chi connectivity index (χ4n) is 5.80. The van der Waals surface area contributed by atoms with Crippen LogP contribution < -0.4 is 5.32 Å². The number of para-hydroxylation sites is 1. The minimum Gasteiger partial charge on any atom is -0.481 e. The van der Waals surface area contributed by atoms with E-state index < -0.39 is 5.97 Å². The van der Waals surface area contributed by atoms with Gasteiger partial charge in [0.25, 0.3) is 5.91 Å². The molecule has 1 saturated heterocycles. The first kappa shape index (κ1) is 30.6. The van der Waals surface area contributed by atoms with Crippen LogP contribution >= 0.6 is 34.5 Å². The highest BCUT2D eigenvalue weighted by Gasteiger charge is 2.40. The van der Waals surface area contributed by atoms with Crippen LogP contribution in [0.4, 0.5) is 5.69 Å². The second-order valence-electron chi connectivity index (χ2n) is 11.4. The lowest BCUT2D eigenvalue weighted by atomic mass is 9.96. The van der Waals surface area contributed by atoms with Crippen molar-refractivity contribution in [2.24, 2.45) is 7.05 Å². The van der Waals surface area contributed by atoms with E-state index in [4.69, 9.17) is 33.0 Å². The number of aromatic nitrogens is 2. The second kappa shape index (κ2) is 12.9. The quantitative estimate of drug-likeness (QED) is 0.198. The van der Waals surface area contributed by atoms with Crippen molar-refractivity contribution < 1.29 is 24.2 Å². The standard InChI is InChI=1S/C32H32Cl2N4O5S/c1-37-17-23(22-7-2-3-8-27(22)37)31(42)36-26-14-24(33)18(11-25(26)34)12-29(39)38-16-20(43-19-5-4-6-19)13-28(38)32-35-15-21(44-32)9-10-30(40)41/h2-3,7-8,11,14-15,17,19-20,28H,4-6,9-10,12-13,16H2,1H3,(H,36,42)(H,40,41)/t20-,28-/m0/s1. The van der Waals surface area contributed by atoms with Crippen LogP contribution in [0.1, 0.15) is 64.0 Å². The van der Waals surface area contributed by atoms with Crippen LogP contribution in [0.5, 0.6) is 0 Å². The molecule has 6 rings (SSSR count). The number of carbonyl (C=O) groups excluding carboxylic acids is 2. The molecule has 4 aromatic rings. The van der Waals surface area contributed by atoms with Gasteiger partial charge in [-0.05, 0) is 49.4 Å². The lowest BCUT2D eigenvalue weighted by molar-refractivity contribution is -0.137. The summed E-state index contributed by atoms with van der Waals surface area (Å²) in [4.78, 5) is 45.2. The topological polar surface area (TPSA) is 114 Å². The lowest BCUT2D eigenvalue weighted by Gasteiger charge is -2.28. The van der Waals surface area contributed by atoms with Gasteiger partial charge >= 0.3 is 5.97 Å². The Labute approximate surface area is 268 Å². The number of carboxylic acid groups (broad SMARTS) is 1. The predicted molar refractivity (Wildman–Crippen MR) is 171 cm³/mol. The maximum absolute atomic E-state index is 13.8. The van der Waals surface area contributed by atoms with Gasteiger partial charge in [-0.1, -0.05) is 41.4 Å². The van der Waals surface area contributed by atoms with E-state index in [2.05, 4.69) is 10.3 Å². The predicted octanol–water partition coefficient (Wildman–Crippen LogP) is 6.66. The minimum atomic E-state index is -0.860. The monoisotopic (exact) mass is 654 g/mol. The number of nitrogens with one attached hydrogen (secondary N) is 1. The zero-order chi connectivity index (χ0) is 31.0. The van der Waals surface area contributed by atoms with Gasteiger partial charge in [0.05, 0.1) is 47.4 Å². The van der Waals surface area contributed by atoms with Crippen molar-refractivity contribution >= 4 is 68.9 Å². The molecule has 3 heterocycles. The molecule has 1 aliphatic heterocycles. The summed E-state index contributed by atoms with van der Waals surface area (Å²) in [6.45, 7) is 0.439. The summed E-state index contributed by atoms with van der Waals surface area (Å²) in [6.07, 6.45) is 7.87. The molecular formula is C32H32Cl2N4O5S. The molecule has 0 unspecified atom stereocenters. The number of likely N-dealkylation sites (tertiary alicyclic amines) is 1. The molecule has 0 spiro atoms. The smallest absolute Gasteiger partial charge is 0.303 e. The fraction of sp³-hybridized carbons (Fsp3) is 0.375. The number of anilines is 1. The zero-order valence-corrected chi connectivity index (χ0v) is 26.4. The number of ether oxygens (including phenoxy) is 1. The normalized spacial score (nSPS) is 18.5. The summed E-state index contributed by atoms with van der Waals surface area (Å²) in [6, 6.07) is 10.6. The van der Waals surface area contributed by atoms with Crippen LogP contribution in [-0.2, 0) is 34.2 Å². The fourth-order valence-corrected chi connectivity index (χ4v) is 7.31. The van der Waals surface area contributed by atoms with Crippen molar-refractivity contribution in [3.63, 3.8) is 0 Å². The summed E-state index contributed by atoms with van der Waals surface area (Å²) in [7, 11) is 1.88. The van der Waals surface area contributed by atoms with Crippen LogP contribution in [0.25, 0.3) is 10.9 Å². The lowest BCUT2D eigenvalue weighted by Crippen LogP contribution is -2.35. The van der Waals surface area contributed by atoms with E-state index in [1.165, 1.54) is 11.3 Å². The molecule has 1 saturated carbocycles. The van der Waals surface area contributed by atoms with Gasteiger partial charge in [0.2, 0.25) is 5.91 Å². The molecule has 2 aromatic heterocycles. The molecule has 230 valence electrons. The van der Waals surface area contributed by atoms with Crippen molar-refractivity contribution in [3.05, 3.63) is 79.8 Å². The Morgan fingerprint density at radius 2 is 1.93 bits per heavy atom. The molecule has 44 heavy (non-hydrogen) atoms. The summed E-state index contributed by atoms with van der Waals surface area (Å²) in [5.41, 5.74) is 2.36. The average Bonchev–Trinajstić information content (AvgIpc) is 3.70. The highest BCUT2D eigenvalue weighted by molar-refractivity contribution is 7.11. The maximum atomic E-state index is 13.8. The van der Waals surface area contributed by atoms with Gasteiger partial charge in [-0.3, -0.25) is 14.4 Å². The number of carboxylic acids is 1. The van der Waals surface area contributed by atoms with Gasteiger partial charge in [0.1, 0.15) is 5.01 Å². The van der Waals surface area contributed by atoms with Gasteiger partial charge < -0.3 is 24.6 Å². The molecule has 2 N–H and O–H groups in total. The number of amides is 2. The van der Waals surface area contributed by atoms with Gasteiger partial charge in [0, 0.05) is 53.2 Å². The van der Waals surface area contributed by atoms with E-state index in [9.17, 15) is 14.4 Å². The van der Waals surface area contributed by atoms with Crippen molar-refractivity contribution in [2.75, 3.05) is 11.9 Å². The molecular weight excluding hydrogens is 623 g/mol. The van der Waals surface area contributed by atoms with E-state index in [1.54, 1.807) is 29.4 Å². The third-order valence-corrected chi connectivity index (χ3v) is 10.2. The number of hydrogen-bond acceptors (Lipinski definition) is 6. The third-order valence-electron chi connectivity index (χ3n) is 8.33. The first-order valence-electron chi connectivity index (χ1n) is 14.6. The molecule has 2 fully saturated rings. The number of thiazole rings is 1. The molecule has 2 aromatic carbocycles. The van der Waals surface area contributed by atoms with Crippen molar-refractivity contribution in [1.82, 2.24) is 14.5 Å². The Hall–Kier alpha value is -3.44. The number of rotatable bonds is 10. The van der Waals surface area contributed by atoms with Crippen LogP contribution in [0.2, 0.25) is 10.0 Å².